The van der Waals surface area contributed by atoms with Crippen LogP contribution in [0.2, 0.25) is 0 Å². The molecule has 0 bridgehead atoms. The van der Waals surface area contributed by atoms with E-state index in [-0.39, 0.29) is 11.3 Å². The van der Waals surface area contributed by atoms with E-state index >= 15 is 0 Å². The molecule has 1 amide bonds. The molecule has 2 aromatic rings. The van der Waals surface area contributed by atoms with Crippen LogP contribution in [0.4, 0.5) is 22.7 Å². The van der Waals surface area contributed by atoms with Crippen molar-refractivity contribution >= 4 is 46.8 Å². The van der Waals surface area contributed by atoms with Gasteiger partial charge in [-0.05, 0) is 59.8 Å². The van der Waals surface area contributed by atoms with Crippen LogP contribution in [0.1, 0.15) is 27.7 Å². The van der Waals surface area contributed by atoms with Crippen LogP contribution in [0.15, 0.2) is 52.4 Å². The van der Waals surface area contributed by atoms with Crippen molar-refractivity contribution in [3.63, 3.8) is 0 Å². The number of hydrogen-bond acceptors (Lipinski definition) is 5. The van der Waals surface area contributed by atoms with Crippen LogP contribution in [-0.4, -0.2) is 40.3 Å². The van der Waals surface area contributed by atoms with Gasteiger partial charge in [0.25, 0.3) is 0 Å². The van der Waals surface area contributed by atoms with Gasteiger partial charge in [0.15, 0.2) is 0 Å². The summed E-state index contributed by atoms with van der Waals surface area (Å²) >= 11 is 1.64. The molecule has 6 heteroatoms. The number of aliphatic imine (C=N–C) groups is 1. The summed E-state index contributed by atoms with van der Waals surface area (Å²) in [5.41, 5.74) is 4.03. The number of carbonyl (C=O) groups excluding carboxylic acids is 1. The Morgan fingerprint density at radius 3 is 2.07 bits per heavy atom. The summed E-state index contributed by atoms with van der Waals surface area (Å²) in [7, 11) is 7.89. The smallest absolute Gasteiger partial charge is 0.223 e. The van der Waals surface area contributed by atoms with Crippen LogP contribution in [0.25, 0.3) is 0 Å². The number of hydrogen-bond donors (Lipinski definition) is 0. The standard InChI is InChI=1S/C23H32N4OS/c1-17(28)26(7)18-9-12-20(13-10-18)29-27(8)19-11-14-22(25(5)6)21(15-19)24-16-23(2,3)4/h9-16H,1-8H3. The van der Waals surface area contributed by atoms with Gasteiger partial charge in [-0.3, -0.25) is 9.79 Å². The van der Waals surface area contributed by atoms with E-state index in [4.69, 9.17) is 4.99 Å². The Kier molecular flexibility index (Phi) is 7.36. The monoisotopic (exact) mass is 412 g/mol. The summed E-state index contributed by atoms with van der Waals surface area (Å²) in [6.07, 6.45) is 2.00. The Balaban J connectivity index is 2.23. The normalized spacial score (nSPS) is 11.6. The molecule has 0 aliphatic carbocycles. The van der Waals surface area contributed by atoms with E-state index in [0.717, 1.165) is 27.6 Å². The molecule has 0 unspecified atom stereocenters. The zero-order valence-electron chi connectivity index (χ0n) is 18.7. The quantitative estimate of drug-likeness (QED) is 0.455. The van der Waals surface area contributed by atoms with Crippen LogP contribution in [0.3, 0.4) is 0 Å². The van der Waals surface area contributed by atoms with Crippen molar-refractivity contribution in [1.82, 2.24) is 0 Å². The van der Waals surface area contributed by atoms with E-state index in [1.165, 1.54) is 0 Å². The molecule has 0 heterocycles. The van der Waals surface area contributed by atoms with Gasteiger partial charge in [0.2, 0.25) is 5.91 Å². The van der Waals surface area contributed by atoms with Crippen molar-refractivity contribution in [1.29, 1.82) is 0 Å². The van der Waals surface area contributed by atoms with E-state index in [1.807, 2.05) is 51.6 Å². The lowest BCUT2D eigenvalue weighted by Crippen LogP contribution is -2.22. The van der Waals surface area contributed by atoms with Crippen molar-refractivity contribution in [2.24, 2.45) is 10.4 Å². The van der Waals surface area contributed by atoms with Gasteiger partial charge in [-0.25, -0.2) is 0 Å². The maximum Gasteiger partial charge on any atom is 0.223 e. The highest BCUT2D eigenvalue weighted by atomic mass is 32.2. The first-order chi connectivity index (χ1) is 13.5. The van der Waals surface area contributed by atoms with Crippen molar-refractivity contribution in [2.75, 3.05) is 42.3 Å². The van der Waals surface area contributed by atoms with Gasteiger partial charge in [0, 0.05) is 57.6 Å². The van der Waals surface area contributed by atoms with E-state index in [1.54, 1.807) is 30.8 Å². The summed E-state index contributed by atoms with van der Waals surface area (Å²) in [5.74, 6) is 0.0202. The zero-order valence-corrected chi connectivity index (χ0v) is 19.5. The maximum absolute atomic E-state index is 11.5. The number of anilines is 3. The van der Waals surface area contributed by atoms with E-state index in [0.29, 0.717) is 0 Å². The molecule has 0 aromatic heterocycles. The highest BCUT2D eigenvalue weighted by Gasteiger charge is 2.12. The number of benzene rings is 2. The first-order valence-electron chi connectivity index (χ1n) is 9.60. The minimum Gasteiger partial charge on any atom is -0.376 e. The number of rotatable bonds is 6. The first-order valence-corrected chi connectivity index (χ1v) is 10.4. The molecule has 0 saturated heterocycles. The molecule has 5 nitrogen and oxygen atoms in total. The predicted octanol–water partition coefficient (Wildman–Crippen LogP) is 5.63. The molecule has 29 heavy (non-hydrogen) atoms. The Labute approximate surface area is 179 Å². The lowest BCUT2D eigenvalue weighted by molar-refractivity contribution is -0.116. The Bertz CT molecular complexity index is 869. The minimum atomic E-state index is 0.0202. The SMILES string of the molecule is CC(=O)N(C)c1ccc(SN(C)c2ccc(N(C)C)c(N=CC(C)(C)C)c2)cc1. The van der Waals surface area contributed by atoms with E-state index in [9.17, 15) is 4.79 Å². The van der Waals surface area contributed by atoms with Crippen molar-refractivity contribution in [2.45, 2.75) is 32.6 Å². The third-order valence-corrected chi connectivity index (χ3v) is 5.30. The Hall–Kier alpha value is -2.47. The molecule has 0 spiro atoms. The first kappa shape index (κ1) is 22.8. The minimum absolute atomic E-state index is 0.0202. The van der Waals surface area contributed by atoms with Gasteiger partial charge in [-0.15, -0.1) is 0 Å². The molecule has 2 rings (SSSR count). The molecule has 0 atom stereocenters. The summed E-state index contributed by atoms with van der Waals surface area (Å²) in [6, 6.07) is 14.3. The number of carbonyl (C=O) groups is 1. The number of amides is 1. The summed E-state index contributed by atoms with van der Waals surface area (Å²) < 4.78 is 2.12. The maximum atomic E-state index is 11.5. The lowest BCUT2D eigenvalue weighted by atomic mass is 9.99. The second-order valence-corrected chi connectivity index (χ2v) is 9.55. The molecule has 156 valence electrons. The van der Waals surface area contributed by atoms with Gasteiger partial charge in [-0.1, -0.05) is 20.8 Å². The third-order valence-electron chi connectivity index (χ3n) is 4.33. The highest BCUT2D eigenvalue weighted by molar-refractivity contribution is 8.00. The van der Waals surface area contributed by atoms with Crippen molar-refractivity contribution in [3.8, 4) is 0 Å². The van der Waals surface area contributed by atoms with Gasteiger partial charge in [0.1, 0.15) is 0 Å². The molecule has 0 radical (unpaired) electrons. The summed E-state index contributed by atoms with van der Waals surface area (Å²) in [6.45, 7) is 7.99. The van der Waals surface area contributed by atoms with E-state index in [2.05, 4.69) is 48.2 Å². The average molecular weight is 413 g/mol. The lowest BCUT2D eigenvalue weighted by Gasteiger charge is -2.22. The topological polar surface area (TPSA) is 39.2 Å². The van der Waals surface area contributed by atoms with Crippen molar-refractivity contribution < 1.29 is 4.79 Å². The van der Waals surface area contributed by atoms with Gasteiger partial charge in [0.05, 0.1) is 11.4 Å². The zero-order chi connectivity index (χ0) is 21.8. The van der Waals surface area contributed by atoms with Gasteiger partial charge in [-0.2, -0.15) is 0 Å². The molecule has 0 saturated carbocycles. The predicted molar refractivity (Wildman–Crippen MR) is 128 cm³/mol. The fourth-order valence-electron chi connectivity index (χ4n) is 2.58. The van der Waals surface area contributed by atoms with Gasteiger partial charge >= 0.3 is 0 Å². The van der Waals surface area contributed by atoms with Crippen molar-refractivity contribution in [3.05, 3.63) is 42.5 Å². The molecular weight excluding hydrogens is 380 g/mol. The molecule has 0 aliphatic heterocycles. The Morgan fingerprint density at radius 1 is 0.966 bits per heavy atom. The van der Waals surface area contributed by atoms with Crippen LogP contribution in [0, 0.1) is 5.41 Å². The highest BCUT2D eigenvalue weighted by Crippen LogP contribution is 2.36. The average Bonchev–Trinajstić information content (AvgIpc) is 2.65. The number of nitrogens with zero attached hydrogens (tertiary/aromatic N) is 4. The summed E-state index contributed by atoms with van der Waals surface area (Å²) in [4.78, 5) is 21.1. The van der Waals surface area contributed by atoms with Crippen LogP contribution in [0.5, 0.6) is 0 Å². The van der Waals surface area contributed by atoms with Gasteiger partial charge < -0.3 is 14.1 Å². The third kappa shape index (κ3) is 6.53. The molecule has 0 N–H and O–H groups in total. The molecule has 0 aliphatic rings. The Morgan fingerprint density at radius 2 is 1.55 bits per heavy atom. The summed E-state index contributed by atoms with van der Waals surface area (Å²) in [5, 5.41) is 0. The fourth-order valence-corrected chi connectivity index (χ4v) is 3.37. The molecule has 0 fully saturated rings. The molecule has 2 aromatic carbocycles. The van der Waals surface area contributed by atoms with E-state index < -0.39 is 0 Å². The van der Waals surface area contributed by atoms with Crippen LogP contribution in [-0.2, 0) is 4.79 Å². The van der Waals surface area contributed by atoms with Crippen LogP contribution >= 0.6 is 11.9 Å². The largest absolute Gasteiger partial charge is 0.376 e. The molecular formula is C23H32N4OS. The van der Waals surface area contributed by atoms with Crippen LogP contribution < -0.4 is 14.1 Å². The fraction of sp³-hybridized carbons (Fsp3) is 0.391. The second kappa shape index (κ2) is 9.35. The second-order valence-electron chi connectivity index (χ2n) is 8.35.